The minimum absolute atomic E-state index is 0.0912. The van der Waals surface area contributed by atoms with Crippen LogP contribution in [0.3, 0.4) is 0 Å². The summed E-state index contributed by atoms with van der Waals surface area (Å²) >= 11 is 1.71. The van der Waals surface area contributed by atoms with E-state index < -0.39 is 0 Å². The molecule has 2 aromatic rings. The van der Waals surface area contributed by atoms with Crippen LogP contribution in [-0.2, 0) is 6.61 Å². The normalized spacial score (nSPS) is 10.4. The molecule has 0 radical (unpaired) electrons. The van der Waals surface area contributed by atoms with Gasteiger partial charge in [-0.1, -0.05) is 23.9 Å². The topological polar surface area (TPSA) is 23.5 Å². The molecule has 0 saturated carbocycles. The van der Waals surface area contributed by atoms with Crippen molar-refractivity contribution in [2.75, 3.05) is 19.0 Å². The maximum atomic E-state index is 9.11. The number of rotatable bonds is 4. The van der Waals surface area contributed by atoms with E-state index in [0.29, 0.717) is 0 Å². The van der Waals surface area contributed by atoms with Gasteiger partial charge in [-0.05, 0) is 42.0 Å². The zero-order valence-electron chi connectivity index (χ0n) is 10.6. The van der Waals surface area contributed by atoms with Crippen LogP contribution in [0.4, 0.5) is 5.69 Å². The van der Waals surface area contributed by atoms with Gasteiger partial charge in [-0.25, -0.2) is 0 Å². The van der Waals surface area contributed by atoms with Gasteiger partial charge in [0.2, 0.25) is 0 Å². The van der Waals surface area contributed by atoms with Crippen molar-refractivity contribution in [3.63, 3.8) is 0 Å². The number of hydrogen-bond acceptors (Lipinski definition) is 3. The van der Waals surface area contributed by atoms with Gasteiger partial charge in [-0.15, -0.1) is 0 Å². The molecule has 2 nitrogen and oxygen atoms in total. The van der Waals surface area contributed by atoms with Crippen LogP contribution in [0, 0.1) is 0 Å². The second-order valence-electron chi connectivity index (χ2n) is 4.30. The molecule has 0 amide bonds. The van der Waals surface area contributed by atoms with E-state index in [1.807, 2.05) is 32.3 Å². The number of hydrogen-bond donors (Lipinski definition) is 1. The summed E-state index contributed by atoms with van der Waals surface area (Å²) in [5.41, 5.74) is 2.15. The predicted molar refractivity (Wildman–Crippen MR) is 77.3 cm³/mol. The van der Waals surface area contributed by atoms with Crippen molar-refractivity contribution in [3.8, 4) is 0 Å². The maximum absolute atomic E-state index is 9.11. The molecule has 0 spiro atoms. The van der Waals surface area contributed by atoms with E-state index >= 15 is 0 Å². The third kappa shape index (κ3) is 3.28. The van der Waals surface area contributed by atoms with Crippen LogP contribution < -0.4 is 4.90 Å². The Bertz CT molecular complexity index is 508. The van der Waals surface area contributed by atoms with E-state index in [1.165, 1.54) is 10.6 Å². The molecule has 1 N–H and O–H groups in total. The summed E-state index contributed by atoms with van der Waals surface area (Å²) in [6, 6.07) is 16.4. The van der Waals surface area contributed by atoms with Crippen molar-refractivity contribution < 1.29 is 5.11 Å². The Morgan fingerprint density at radius 3 is 2.33 bits per heavy atom. The van der Waals surface area contributed by atoms with Gasteiger partial charge in [0.25, 0.3) is 0 Å². The molecule has 0 bridgehead atoms. The van der Waals surface area contributed by atoms with Crippen molar-refractivity contribution in [1.82, 2.24) is 0 Å². The third-order valence-electron chi connectivity index (χ3n) is 2.67. The minimum Gasteiger partial charge on any atom is -0.392 e. The first-order chi connectivity index (χ1) is 8.69. The first-order valence-electron chi connectivity index (χ1n) is 5.84. The molecule has 0 unspecified atom stereocenters. The van der Waals surface area contributed by atoms with Crippen molar-refractivity contribution in [3.05, 3.63) is 54.1 Å². The third-order valence-corrected chi connectivity index (χ3v) is 3.67. The molecule has 0 fully saturated rings. The van der Waals surface area contributed by atoms with Gasteiger partial charge in [0.05, 0.1) is 6.61 Å². The molecule has 3 heteroatoms. The van der Waals surface area contributed by atoms with Crippen molar-refractivity contribution in [2.24, 2.45) is 0 Å². The fourth-order valence-electron chi connectivity index (χ4n) is 1.66. The van der Waals surface area contributed by atoms with Crippen LogP contribution in [0.5, 0.6) is 0 Å². The highest BCUT2D eigenvalue weighted by molar-refractivity contribution is 7.99. The molecule has 18 heavy (non-hydrogen) atoms. The molecule has 2 aromatic carbocycles. The molecule has 0 aliphatic heterocycles. The lowest BCUT2D eigenvalue weighted by atomic mass is 10.2. The lowest BCUT2D eigenvalue weighted by Crippen LogP contribution is -2.07. The zero-order valence-corrected chi connectivity index (χ0v) is 11.4. The van der Waals surface area contributed by atoms with E-state index in [4.69, 9.17) is 5.11 Å². The van der Waals surface area contributed by atoms with E-state index in [2.05, 4.69) is 35.2 Å². The Labute approximate surface area is 112 Å². The maximum Gasteiger partial charge on any atom is 0.0682 e. The Morgan fingerprint density at radius 1 is 1.00 bits per heavy atom. The zero-order chi connectivity index (χ0) is 13.0. The molecule has 0 aliphatic rings. The predicted octanol–water partition coefficient (Wildman–Crippen LogP) is 3.40. The molecule has 94 valence electrons. The van der Waals surface area contributed by atoms with Crippen LogP contribution in [0.15, 0.2) is 58.3 Å². The molecule has 0 atom stereocenters. The number of nitrogens with zero attached hydrogens (tertiary/aromatic N) is 1. The highest BCUT2D eigenvalue weighted by Gasteiger charge is 2.00. The van der Waals surface area contributed by atoms with Gasteiger partial charge >= 0.3 is 0 Å². The second kappa shape index (κ2) is 5.94. The first kappa shape index (κ1) is 13.0. The number of benzene rings is 2. The summed E-state index contributed by atoms with van der Waals surface area (Å²) in [4.78, 5) is 4.44. The summed E-state index contributed by atoms with van der Waals surface area (Å²) < 4.78 is 0. The van der Waals surface area contributed by atoms with E-state index in [-0.39, 0.29) is 6.61 Å². The van der Waals surface area contributed by atoms with Gasteiger partial charge in [0, 0.05) is 29.6 Å². The summed E-state index contributed by atoms with van der Waals surface area (Å²) in [5.74, 6) is 0. The monoisotopic (exact) mass is 259 g/mol. The minimum atomic E-state index is 0.0912. The Kier molecular flexibility index (Phi) is 4.28. The molecular formula is C15H17NOS. The average molecular weight is 259 g/mol. The summed E-state index contributed by atoms with van der Waals surface area (Å²) in [6.45, 7) is 0.0912. The van der Waals surface area contributed by atoms with Crippen molar-refractivity contribution in [2.45, 2.75) is 16.4 Å². The molecule has 2 rings (SSSR count). The first-order valence-corrected chi connectivity index (χ1v) is 6.66. The van der Waals surface area contributed by atoms with Crippen molar-refractivity contribution >= 4 is 17.4 Å². The summed E-state index contributed by atoms with van der Waals surface area (Å²) in [5, 5.41) is 9.11. The lowest BCUT2D eigenvalue weighted by Gasteiger charge is -2.12. The molecule has 0 aromatic heterocycles. The van der Waals surface area contributed by atoms with Crippen LogP contribution >= 0.6 is 11.8 Å². The van der Waals surface area contributed by atoms with E-state index in [1.54, 1.807) is 11.8 Å². The highest BCUT2D eigenvalue weighted by atomic mass is 32.2. The Balaban J connectivity index is 2.13. The summed E-state index contributed by atoms with van der Waals surface area (Å²) in [6.07, 6.45) is 0. The lowest BCUT2D eigenvalue weighted by molar-refractivity contribution is 0.281. The van der Waals surface area contributed by atoms with E-state index in [0.717, 1.165) is 10.5 Å². The standard InChI is InChI=1S/C15H17NOS/c1-16(2)13-6-8-14(9-7-13)18-15-5-3-4-12(10-15)11-17/h3-10,17H,11H2,1-2H3. The Hall–Kier alpha value is -1.45. The van der Waals surface area contributed by atoms with Crippen LogP contribution in [0.2, 0.25) is 0 Å². The average Bonchev–Trinajstić information content (AvgIpc) is 2.39. The molecule has 0 saturated heterocycles. The van der Waals surface area contributed by atoms with Gasteiger partial charge in [0.15, 0.2) is 0 Å². The van der Waals surface area contributed by atoms with E-state index in [9.17, 15) is 0 Å². The summed E-state index contributed by atoms with van der Waals surface area (Å²) in [7, 11) is 4.07. The SMILES string of the molecule is CN(C)c1ccc(Sc2cccc(CO)c2)cc1. The Morgan fingerprint density at radius 2 is 1.72 bits per heavy atom. The fourth-order valence-corrected chi connectivity index (χ4v) is 2.56. The highest BCUT2D eigenvalue weighted by Crippen LogP contribution is 2.29. The quantitative estimate of drug-likeness (QED) is 0.910. The van der Waals surface area contributed by atoms with Gasteiger partial charge < -0.3 is 10.0 Å². The number of aliphatic hydroxyl groups is 1. The largest absolute Gasteiger partial charge is 0.392 e. The second-order valence-corrected chi connectivity index (χ2v) is 5.44. The van der Waals surface area contributed by atoms with Crippen molar-refractivity contribution in [1.29, 1.82) is 0 Å². The fraction of sp³-hybridized carbons (Fsp3) is 0.200. The molecule has 0 heterocycles. The van der Waals surface area contributed by atoms with Crippen LogP contribution in [0.25, 0.3) is 0 Å². The van der Waals surface area contributed by atoms with Gasteiger partial charge in [-0.2, -0.15) is 0 Å². The van der Waals surface area contributed by atoms with Crippen LogP contribution in [0.1, 0.15) is 5.56 Å². The molecule has 0 aliphatic carbocycles. The smallest absolute Gasteiger partial charge is 0.0682 e. The number of anilines is 1. The van der Waals surface area contributed by atoms with Crippen LogP contribution in [-0.4, -0.2) is 19.2 Å². The van der Waals surface area contributed by atoms with Gasteiger partial charge in [-0.3, -0.25) is 0 Å². The number of aliphatic hydroxyl groups excluding tert-OH is 1. The molecular weight excluding hydrogens is 242 g/mol. The van der Waals surface area contributed by atoms with Gasteiger partial charge in [0.1, 0.15) is 0 Å².